The van der Waals surface area contributed by atoms with Crippen LogP contribution in [0.15, 0.2) is 23.7 Å². The summed E-state index contributed by atoms with van der Waals surface area (Å²) in [6, 6.07) is 0. The van der Waals surface area contributed by atoms with Gasteiger partial charge >= 0.3 is 0 Å². The van der Waals surface area contributed by atoms with E-state index in [9.17, 15) is 0 Å². The van der Waals surface area contributed by atoms with E-state index in [0.29, 0.717) is 0 Å². The van der Waals surface area contributed by atoms with Gasteiger partial charge in [-0.25, -0.2) is 4.98 Å². The molecule has 0 aliphatic rings. The van der Waals surface area contributed by atoms with Crippen molar-refractivity contribution in [3.8, 4) is 0 Å². The summed E-state index contributed by atoms with van der Waals surface area (Å²) in [6.45, 7) is 4.97. The smallest absolute Gasteiger partial charge is 0.191 e. The first kappa shape index (κ1) is 18.2. The van der Waals surface area contributed by atoms with E-state index >= 15 is 0 Å². The fourth-order valence-electron chi connectivity index (χ4n) is 1.70. The Morgan fingerprint density at radius 3 is 2.63 bits per heavy atom. The zero-order valence-electron chi connectivity index (χ0n) is 11.9. The van der Waals surface area contributed by atoms with Crippen LogP contribution in [0.2, 0.25) is 0 Å². The lowest BCUT2D eigenvalue weighted by Crippen LogP contribution is -2.39. The van der Waals surface area contributed by atoms with Gasteiger partial charge in [0.25, 0.3) is 0 Å². The monoisotopic (exact) mass is 379 g/mol. The zero-order valence-corrected chi connectivity index (χ0v) is 14.3. The van der Waals surface area contributed by atoms with Crippen molar-refractivity contribution in [1.82, 2.24) is 20.2 Å². The number of nitrogens with one attached hydrogen (secondary N) is 2. The average Bonchev–Trinajstić information content (AvgIpc) is 2.89. The van der Waals surface area contributed by atoms with Crippen LogP contribution in [-0.2, 0) is 6.54 Å². The third-order valence-corrected chi connectivity index (χ3v) is 2.77. The predicted octanol–water partition coefficient (Wildman–Crippen LogP) is 2.25. The number of nitrogens with zero attached hydrogens (tertiary/aromatic N) is 3. The Balaban J connectivity index is 0.00000324. The average molecular weight is 379 g/mol. The van der Waals surface area contributed by atoms with Gasteiger partial charge in [-0.1, -0.05) is 26.2 Å². The van der Waals surface area contributed by atoms with Crippen molar-refractivity contribution in [2.24, 2.45) is 4.99 Å². The standard InChI is InChI=1S/C13H25N5.HI/c1-3-4-5-6-7-16-13(14-2)17-9-11-18-10-8-15-12-18;/h8,10,12H,3-7,9,11H2,1-2H3,(H2,14,16,17);1H. The molecule has 0 amide bonds. The van der Waals surface area contributed by atoms with E-state index < -0.39 is 0 Å². The minimum Gasteiger partial charge on any atom is -0.356 e. The third-order valence-electron chi connectivity index (χ3n) is 2.77. The molecule has 6 heteroatoms. The Morgan fingerprint density at radius 1 is 1.21 bits per heavy atom. The van der Waals surface area contributed by atoms with Gasteiger partial charge in [0, 0.05) is 39.1 Å². The number of unbranched alkanes of at least 4 members (excludes halogenated alkanes) is 3. The van der Waals surface area contributed by atoms with Crippen molar-refractivity contribution in [2.75, 3.05) is 20.1 Å². The zero-order chi connectivity index (χ0) is 13.1. The lowest BCUT2D eigenvalue weighted by molar-refractivity contribution is 0.634. The lowest BCUT2D eigenvalue weighted by Gasteiger charge is -2.11. The highest BCUT2D eigenvalue weighted by Gasteiger charge is 1.96. The first-order chi connectivity index (χ1) is 8.86. The first-order valence-corrected chi connectivity index (χ1v) is 6.77. The molecule has 1 rings (SSSR count). The van der Waals surface area contributed by atoms with Crippen LogP contribution in [0.3, 0.4) is 0 Å². The van der Waals surface area contributed by atoms with Crippen molar-refractivity contribution in [1.29, 1.82) is 0 Å². The molecule has 110 valence electrons. The highest BCUT2D eigenvalue weighted by molar-refractivity contribution is 14.0. The molecule has 0 spiro atoms. The number of guanidine groups is 1. The topological polar surface area (TPSA) is 54.2 Å². The molecule has 19 heavy (non-hydrogen) atoms. The van der Waals surface area contributed by atoms with E-state index in [0.717, 1.165) is 25.6 Å². The second kappa shape index (κ2) is 12.3. The van der Waals surface area contributed by atoms with Crippen LogP contribution in [0.1, 0.15) is 32.6 Å². The molecule has 0 atom stereocenters. The third kappa shape index (κ3) is 8.85. The van der Waals surface area contributed by atoms with Crippen molar-refractivity contribution in [3.63, 3.8) is 0 Å². The second-order valence-electron chi connectivity index (χ2n) is 4.29. The Bertz CT molecular complexity index is 324. The van der Waals surface area contributed by atoms with Gasteiger partial charge in [-0.3, -0.25) is 4.99 Å². The number of rotatable bonds is 8. The molecule has 0 aliphatic carbocycles. The summed E-state index contributed by atoms with van der Waals surface area (Å²) >= 11 is 0. The quantitative estimate of drug-likeness (QED) is 0.315. The summed E-state index contributed by atoms with van der Waals surface area (Å²) in [5.74, 6) is 0.881. The van der Waals surface area contributed by atoms with Crippen LogP contribution in [0.25, 0.3) is 0 Å². The van der Waals surface area contributed by atoms with E-state index in [1.807, 2.05) is 17.1 Å². The molecule has 0 bridgehead atoms. The van der Waals surface area contributed by atoms with Crippen molar-refractivity contribution >= 4 is 29.9 Å². The molecule has 1 aromatic heterocycles. The van der Waals surface area contributed by atoms with Crippen molar-refractivity contribution in [3.05, 3.63) is 18.7 Å². The number of aliphatic imine (C=N–C) groups is 1. The number of aromatic nitrogens is 2. The Labute approximate surface area is 133 Å². The Kier molecular flexibility index (Phi) is 11.7. The van der Waals surface area contributed by atoms with Crippen molar-refractivity contribution in [2.45, 2.75) is 39.2 Å². The summed E-state index contributed by atoms with van der Waals surface area (Å²) in [5.41, 5.74) is 0. The molecule has 0 saturated heterocycles. The Hall–Kier alpha value is -0.790. The lowest BCUT2D eigenvalue weighted by atomic mass is 10.2. The van der Waals surface area contributed by atoms with Crippen LogP contribution in [0.5, 0.6) is 0 Å². The van der Waals surface area contributed by atoms with Gasteiger partial charge in [0.1, 0.15) is 0 Å². The van der Waals surface area contributed by atoms with Gasteiger partial charge < -0.3 is 15.2 Å². The van der Waals surface area contributed by atoms with Crippen LogP contribution >= 0.6 is 24.0 Å². The fourth-order valence-corrected chi connectivity index (χ4v) is 1.70. The summed E-state index contributed by atoms with van der Waals surface area (Å²) in [4.78, 5) is 8.20. The summed E-state index contributed by atoms with van der Waals surface area (Å²) in [6.07, 6.45) is 10.7. The van der Waals surface area contributed by atoms with Gasteiger partial charge in [-0.05, 0) is 6.42 Å². The van der Waals surface area contributed by atoms with Crippen molar-refractivity contribution < 1.29 is 0 Å². The van der Waals surface area contributed by atoms with Crippen LogP contribution in [0, 0.1) is 0 Å². The molecule has 0 radical (unpaired) electrons. The summed E-state index contributed by atoms with van der Waals surface area (Å²) in [5, 5.41) is 6.61. The maximum atomic E-state index is 4.19. The molecule has 5 nitrogen and oxygen atoms in total. The molecular weight excluding hydrogens is 353 g/mol. The minimum atomic E-state index is 0. The largest absolute Gasteiger partial charge is 0.356 e. The molecule has 1 heterocycles. The minimum absolute atomic E-state index is 0. The van der Waals surface area contributed by atoms with E-state index in [1.165, 1.54) is 25.7 Å². The Morgan fingerprint density at radius 2 is 2.00 bits per heavy atom. The fraction of sp³-hybridized carbons (Fsp3) is 0.692. The molecular formula is C13H26IN5. The second-order valence-corrected chi connectivity index (χ2v) is 4.29. The van der Waals surface area contributed by atoms with E-state index in [2.05, 4.69) is 27.5 Å². The van der Waals surface area contributed by atoms with Crippen LogP contribution in [0.4, 0.5) is 0 Å². The van der Waals surface area contributed by atoms with Gasteiger partial charge in [0.15, 0.2) is 5.96 Å². The van der Waals surface area contributed by atoms with Crippen LogP contribution < -0.4 is 10.6 Å². The first-order valence-electron chi connectivity index (χ1n) is 6.77. The maximum absolute atomic E-state index is 4.19. The maximum Gasteiger partial charge on any atom is 0.191 e. The molecule has 0 fully saturated rings. The normalized spacial score (nSPS) is 10.9. The van der Waals surface area contributed by atoms with Gasteiger partial charge in [0.2, 0.25) is 0 Å². The molecule has 0 aliphatic heterocycles. The van der Waals surface area contributed by atoms with Gasteiger partial charge in [0.05, 0.1) is 6.33 Å². The van der Waals surface area contributed by atoms with Gasteiger partial charge in [-0.2, -0.15) is 0 Å². The van der Waals surface area contributed by atoms with E-state index in [4.69, 9.17) is 0 Å². The summed E-state index contributed by atoms with van der Waals surface area (Å²) < 4.78 is 2.04. The highest BCUT2D eigenvalue weighted by Crippen LogP contribution is 1.96. The molecule has 0 unspecified atom stereocenters. The highest BCUT2D eigenvalue weighted by atomic mass is 127. The molecule has 1 aromatic rings. The molecule has 0 aromatic carbocycles. The van der Waals surface area contributed by atoms with E-state index in [-0.39, 0.29) is 24.0 Å². The number of hydrogen-bond donors (Lipinski definition) is 2. The number of imidazole rings is 1. The molecule has 2 N–H and O–H groups in total. The number of hydrogen-bond acceptors (Lipinski definition) is 2. The number of halogens is 1. The van der Waals surface area contributed by atoms with Crippen LogP contribution in [-0.4, -0.2) is 35.6 Å². The summed E-state index contributed by atoms with van der Waals surface area (Å²) in [7, 11) is 1.80. The molecule has 0 saturated carbocycles. The van der Waals surface area contributed by atoms with Gasteiger partial charge in [-0.15, -0.1) is 24.0 Å². The van der Waals surface area contributed by atoms with E-state index in [1.54, 1.807) is 13.2 Å². The SMILES string of the molecule is CCCCCCNC(=NC)NCCn1ccnc1.I. The predicted molar refractivity (Wildman–Crippen MR) is 91.1 cm³/mol.